The van der Waals surface area contributed by atoms with E-state index in [-0.39, 0.29) is 6.04 Å². The normalized spacial score (nSPS) is 32.5. The molecule has 0 spiro atoms. The van der Waals surface area contributed by atoms with Crippen LogP contribution < -0.4 is 5.73 Å². The molecule has 3 heteroatoms. The van der Waals surface area contributed by atoms with E-state index in [9.17, 15) is 4.21 Å². The van der Waals surface area contributed by atoms with Crippen LogP contribution in [-0.2, 0) is 10.8 Å². The molecule has 1 rings (SSSR count). The summed E-state index contributed by atoms with van der Waals surface area (Å²) in [5, 5.41) is 0.430. The van der Waals surface area contributed by atoms with Crippen molar-refractivity contribution in [3.05, 3.63) is 0 Å². The van der Waals surface area contributed by atoms with Gasteiger partial charge in [0.2, 0.25) is 0 Å². The van der Waals surface area contributed by atoms with E-state index in [1.54, 1.807) is 0 Å². The van der Waals surface area contributed by atoms with Crippen LogP contribution in [0.1, 0.15) is 46.0 Å². The molecule has 0 saturated heterocycles. The lowest BCUT2D eigenvalue weighted by Gasteiger charge is -2.28. The van der Waals surface area contributed by atoms with Crippen molar-refractivity contribution in [1.82, 2.24) is 0 Å². The van der Waals surface area contributed by atoms with Gasteiger partial charge in [-0.05, 0) is 25.7 Å². The summed E-state index contributed by atoms with van der Waals surface area (Å²) in [7, 11) is -0.684. The lowest BCUT2D eigenvalue weighted by molar-refractivity contribution is 0.353. The van der Waals surface area contributed by atoms with Crippen LogP contribution in [0.3, 0.4) is 0 Å². The minimum Gasteiger partial charge on any atom is -0.327 e. The first kappa shape index (κ1) is 12.2. The SMILES string of the molecule is CCC1CCCC(S(=O)CC(C)N)C1. The second-order valence-corrected chi connectivity index (χ2v) is 6.35. The standard InChI is InChI=1S/C11H23NOS/c1-3-10-5-4-6-11(7-10)14(13)8-9(2)12/h9-11H,3-8,12H2,1-2H3. The molecular formula is C11H23NOS. The Morgan fingerprint density at radius 2 is 2.21 bits per heavy atom. The van der Waals surface area contributed by atoms with Gasteiger partial charge in [-0.2, -0.15) is 0 Å². The van der Waals surface area contributed by atoms with Gasteiger partial charge in [0, 0.05) is 27.8 Å². The quantitative estimate of drug-likeness (QED) is 0.783. The Labute approximate surface area is 90.1 Å². The second-order valence-electron chi connectivity index (χ2n) is 4.59. The number of hydrogen-bond donors (Lipinski definition) is 1. The maximum absolute atomic E-state index is 11.9. The molecule has 0 aliphatic heterocycles. The predicted octanol–water partition coefficient (Wildman–Crippen LogP) is 2.05. The molecule has 14 heavy (non-hydrogen) atoms. The van der Waals surface area contributed by atoms with Crippen molar-refractivity contribution in [3.63, 3.8) is 0 Å². The van der Waals surface area contributed by atoms with E-state index in [0.29, 0.717) is 11.0 Å². The summed E-state index contributed by atoms with van der Waals surface area (Å²) in [5.74, 6) is 1.49. The van der Waals surface area contributed by atoms with Crippen LogP contribution in [0.15, 0.2) is 0 Å². The third kappa shape index (κ3) is 3.70. The number of hydrogen-bond acceptors (Lipinski definition) is 2. The maximum Gasteiger partial charge on any atom is 0.0386 e. The van der Waals surface area contributed by atoms with Crippen molar-refractivity contribution >= 4 is 10.8 Å². The zero-order valence-electron chi connectivity index (χ0n) is 9.37. The van der Waals surface area contributed by atoms with E-state index < -0.39 is 10.8 Å². The smallest absolute Gasteiger partial charge is 0.0386 e. The summed E-state index contributed by atoms with van der Waals surface area (Å²) < 4.78 is 11.9. The van der Waals surface area contributed by atoms with E-state index in [0.717, 1.165) is 18.8 Å². The second kappa shape index (κ2) is 5.86. The van der Waals surface area contributed by atoms with Crippen LogP contribution in [-0.4, -0.2) is 21.3 Å². The van der Waals surface area contributed by atoms with Gasteiger partial charge in [-0.1, -0.05) is 26.2 Å². The highest BCUT2D eigenvalue weighted by Gasteiger charge is 2.25. The first-order valence-corrected chi connectivity index (χ1v) is 7.14. The fraction of sp³-hybridized carbons (Fsp3) is 1.00. The Bertz CT molecular complexity index is 194. The zero-order valence-corrected chi connectivity index (χ0v) is 10.2. The number of rotatable bonds is 4. The van der Waals surface area contributed by atoms with Crippen LogP contribution in [0, 0.1) is 5.92 Å². The summed E-state index contributed by atoms with van der Waals surface area (Å²) in [6.07, 6.45) is 6.15. The Kier molecular flexibility index (Phi) is 5.10. The molecule has 0 radical (unpaired) electrons. The van der Waals surface area contributed by atoms with Gasteiger partial charge >= 0.3 is 0 Å². The average molecular weight is 217 g/mol. The van der Waals surface area contributed by atoms with E-state index >= 15 is 0 Å². The molecule has 1 fully saturated rings. The molecule has 0 aromatic rings. The highest BCUT2D eigenvalue weighted by atomic mass is 32.2. The molecule has 0 amide bonds. The highest BCUT2D eigenvalue weighted by molar-refractivity contribution is 7.85. The van der Waals surface area contributed by atoms with Gasteiger partial charge in [0.05, 0.1) is 0 Å². The van der Waals surface area contributed by atoms with E-state index in [2.05, 4.69) is 6.92 Å². The summed E-state index contributed by atoms with van der Waals surface area (Å²) in [5.41, 5.74) is 5.67. The van der Waals surface area contributed by atoms with Crippen molar-refractivity contribution < 1.29 is 4.21 Å². The first-order valence-electron chi connectivity index (χ1n) is 5.76. The molecule has 2 N–H and O–H groups in total. The summed E-state index contributed by atoms with van der Waals surface area (Å²) in [6, 6.07) is 0.0813. The Morgan fingerprint density at radius 3 is 2.79 bits per heavy atom. The van der Waals surface area contributed by atoms with Gasteiger partial charge in [-0.15, -0.1) is 0 Å². The molecule has 4 atom stereocenters. The van der Waals surface area contributed by atoms with E-state index in [1.807, 2.05) is 6.92 Å². The molecule has 2 nitrogen and oxygen atoms in total. The van der Waals surface area contributed by atoms with Crippen LogP contribution in [0.4, 0.5) is 0 Å². The zero-order chi connectivity index (χ0) is 10.6. The lowest BCUT2D eigenvalue weighted by Crippen LogP contribution is -2.31. The molecule has 4 unspecified atom stereocenters. The van der Waals surface area contributed by atoms with Gasteiger partial charge in [0.25, 0.3) is 0 Å². The molecule has 1 aliphatic carbocycles. The fourth-order valence-corrected chi connectivity index (χ4v) is 3.95. The average Bonchev–Trinajstić information content (AvgIpc) is 2.17. The van der Waals surface area contributed by atoms with Crippen LogP contribution in [0.2, 0.25) is 0 Å². The van der Waals surface area contributed by atoms with Crippen molar-refractivity contribution in [1.29, 1.82) is 0 Å². The van der Waals surface area contributed by atoms with Gasteiger partial charge in [-0.25, -0.2) is 0 Å². The molecule has 0 heterocycles. The van der Waals surface area contributed by atoms with Gasteiger partial charge in [0.15, 0.2) is 0 Å². The lowest BCUT2D eigenvalue weighted by atomic mass is 9.87. The monoisotopic (exact) mass is 217 g/mol. The van der Waals surface area contributed by atoms with E-state index in [4.69, 9.17) is 5.73 Å². The van der Waals surface area contributed by atoms with Gasteiger partial charge < -0.3 is 5.73 Å². The van der Waals surface area contributed by atoms with Gasteiger partial charge in [-0.3, -0.25) is 4.21 Å². The first-order chi connectivity index (χ1) is 6.63. The molecule has 1 aliphatic rings. The van der Waals surface area contributed by atoms with E-state index in [1.165, 1.54) is 19.3 Å². The van der Waals surface area contributed by atoms with Crippen LogP contribution >= 0.6 is 0 Å². The fourth-order valence-electron chi connectivity index (χ4n) is 2.25. The molecule has 0 aromatic heterocycles. The largest absolute Gasteiger partial charge is 0.327 e. The van der Waals surface area contributed by atoms with Crippen molar-refractivity contribution in [2.24, 2.45) is 11.7 Å². The predicted molar refractivity (Wildman–Crippen MR) is 62.7 cm³/mol. The molecule has 0 bridgehead atoms. The highest BCUT2D eigenvalue weighted by Crippen LogP contribution is 2.29. The van der Waals surface area contributed by atoms with Crippen LogP contribution in [0.25, 0.3) is 0 Å². The topological polar surface area (TPSA) is 43.1 Å². The number of nitrogens with two attached hydrogens (primary N) is 1. The summed E-state index contributed by atoms with van der Waals surface area (Å²) >= 11 is 0. The minimum absolute atomic E-state index is 0.0813. The molecular weight excluding hydrogens is 194 g/mol. The Balaban J connectivity index is 2.39. The molecule has 84 valence electrons. The summed E-state index contributed by atoms with van der Waals surface area (Å²) in [4.78, 5) is 0. The van der Waals surface area contributed by atoms with Crippen molar-refractivity contribution in [2.75, 3.05) is 5.75 Å². The maximum atomic E-state index is 11.9. The molecule has 0 aromatic carbocycles. The van der Waals surface area contributed by atoms with Gasteiger partial charge in [0.1, 0.15) is 0 Å². The Morgan fingerprint density at radius 1 is 1.50 bits per heavy atom. The third-order valence-corrected chi connectivity index (χ3v) is 5.14. The molecule has 1 saturated carbocycles. The van der Waals surface area contributed by atoms with Crippen LogP contribution in [0.5, 0.6) is 0 Å². The Hall–Kier alpha value is 0.110. The minimum atomic E-state index is -0.684. The van der Waals surface area contributed by atoms with Crippen molar-refractivity contribution in [2.45, 2.75) is 57.2 Å². The van der Waals surface area contributed by atoms with Crippen molar-refractivity contribution in [3.8, 4) is 0 Å². The summed E-state index contributed by atoms with van der Waals surface area (Å²) in [6.45, 7) is 4.18. The third-order valence-electron chi connectivity index (χ3n) is 3.11.